The van der Waals surface area contributed by atoms with E-state index in [-0.39, 0.29) is 11.9 Å². The van der Waals surface area contributed by atoms with E-state index in [4.69, 9.17) is 18.9 Å². The number of benzene rings is 1. The van der Waals surface area contributed by atoms with Gasteiger partial charge in [-0.2, -0.15) is 13.2 Å². The SMILES string of the molecule is FC(F)(F)COc1cccc(-c2cccc(OCC3COCCO3)n2)c1. The highest BCUT2D eigenvalue weighted by Gasteiger charge is 2.28. The number of hydrogen-bond donors (Lipinski definition) is 0. The van der Waals surface area contributed by atoms with E-state index in [2.05, 4.69) is 4.98 Å². The number of aromatic nitrogens is 1. The Morgan fingerprint density at radius 3 is 2.69 bits per heavy atom. The maximum atomic E-state index is 12.3. The van der Waals surface area contributed by atoms with Gasteiger partial charge in [0, 0.05) is 11.6 Å². The van der Waals surface area contributed by atoms with E-state index in [9.17, 15) is 13.2 Å². The van der Waals surface area contributed by atoms with Crippen LogP contribution in [0.1, 0.15) is 0 Å². The molecule has 0 spiro atoms. The zero-order chi connectivity index (χ0) is 18.4. The molecule has 26 heavy (non-hydrogen) atoms. The van der Waals surface area contributed by atoms with Crippen molar-refractivity contribution in [1.82, 2.24) is 4.98 Å². The van der Waals surface area contributed by atoms with Crippen molar-refractivity contribution >= 4 is 0 Å². The van der Waals surface area contributed by atoms with Gasteiger partial charge in [0.25, 0.3) is 0 Å². The molecule has 0 radical (unpaired) electrons. The van der Waals surface area contributed by atoms with E-state index < -0.39 is 12.8 Å². The van der Waals surface area contributed by atoms with Crippen molar-refractivity contribution < 1.29 is 32.1 Å². The van der Waals surface area contributed by atoms with Crippen molar-refractivity contribution in [1.29, 1.82) is 0 Å². The molecule has 1 aliphatic heterocycles. The third kappa shape index (κ3) is 5.60. The van der Waals surface area contributed by atoms with E-state index in [1.54, 1.807) is 30.3 Å². The van der Waals surface area contributed by atoms with Crippen molar-refractivity contribution in [3.8, 4) is 22.9 Å². The first-order valence-corrected chi connectivity index (χ1v) is 8.09. The molecular weight excluding hydrogens is 351 g/mol. The Bertz CT molecular complexity index is 718. The number of rotatable bonds is 6. The molecule has 1 unspecified atom stereocenters. The van der Waals surface area contributed by atoms with Gasteiger partial charge in [0.2, 0.25) is 5.88 Å². The molecule has 0 amide bonds. The number of alkyl halides is 3. The van der Waals surface area contributed by atoms with E-state index in [0.29, 0.717) is 43.6 Å². The Balaban J connectivity index is 1.65. The fourth-order valence-corrected chi connectivity index (χ4v) is 2.38. The molecule has 1 aliphatic rings. The number of halogens is 3. The maximum Gasteiger partial charge on any atom is 0.422 e. The molecule has 2 aromatic rings. The predicted octanol–water partition coefficient (Wildman–Crippen LogP) is 3.48. The Kier molecular flexibility index (Phi) is 5.95. The fourth-order valence-electron chi connectivity index (χ4n) is 2.38. The minimum absolute atomic E-state index is 0.126. The van der Waals surface area contributed by atoms with Crippen LogP contribution in [0.2, 0.25) is 0 Å². The van der Waals surface area contributed by atoms with Crippen LogP contribution < -0.4 is 9.47 Å². The normalized spacial score (nSPS) is 17.7. The molecule has 140 valence electrons. The van der Waals surface area contributed by atoms with Crippen LogP contribution in [0.5, 0.6) is 11.6 Å². The Labute approximate surface area is 148 Å². The molecule has 0 bridgehead atoms. The summed E-state index contributed by atoms with van der Waals surface area (Å²) in [6.45, 7) is 0.559. The Hall–Kier alpha value is -2.32. The lowest BCUT2D eigenvalue weighted by molar-refractivity contribution is -0.153. The van der Waals surface area contributed by atoms with Gasteiger partial charge in [-0.15, -0.1) is 0 Å². The van der Waals surface area contributed by atoms with Crippen molar-refractivity contribution in [3.63, 3.8) is 0 Å². The summed E-state index contributed by atoms with van der Waals surface area (Å²) in [6, 6.07) is 11.5. The molecule has 1 fully saturated rings. The molecule has 3 rings (SSSR count). The zero-order valence-electron chi connectivity index (χ0n) is 13.9. The van der Waals surface area contributed by atoms with Gasteiger partial charge in [0.05, 0.1) is 25.5 Å². The van der Waals surface area contributed by atoms with Crippen LogP contribution >= 0.6 is 0 Å². The second-order valence-corrected chi connectivity index (χ2v) is 5.67. The Morgan fingerprint density at radius 2 is 1.92 bits per heavy atom. The largest absolute Gasteiger partial charge is 0.484 e. The van der Waals surface area contributed by atoms with E-state index in [1.165, 1.54) is 12.1 Å². The molecule has 1 aromatic carbocycles. The van der Waals surface area contributed by atoms with E-state index in [0.717, 1.165) is 0 Å². The average molecular weight is 369 g/mol. The lowest BCUT2D eigenvalue weighted by atomic mass is 10.1. The second kappa shape index (κ2) is 8.37. The summed E-state index contributed by atoms with van der Waals surface area (Å²) in [5, 5.41) is 0. The molecule has 1 aromatic heterocycles. The monoisotopic (exact) mass is 369 g/mol. The first-order chi connectivity index (χ1) is 12.5. The Morgan fingerprint density at radius 1 is 1.08 bits per heavy atom. The summed E-state index contributed by atoms with van der Waals surface area (Å²) < 4.78 is 58.1. The predicted molar refractivity (Wildman–Crippen MR) is 87.3 cm³/mol. The number of ether oxygens (including phenoxy) is 4. The summed E-state index contributed by atoms with van der Waals surface area (Å²) in [7, 11) is 0. The minimum atomic E-state index is -4.38. The molecule has 1 saturated heterocycles. The van der Waals surface area contributed by atoms with Crippen LogP contribution in [0.15, 0.2) is 42.5 Å². The topological polar surface area (TPSA) is 49.8 Å². The molecule has 8 heteroatoms. The lowest BCUT2D eigenvalue weighted by Gasteiger charge is -2.22. The average Bonchev–Trinajstić information content (AvgIpc) is 2.66. The van der Waals surface area contributed by atoms with Crippen LogP contribution in [0.3, 0.4) is 0 Å². The summed E-state index contributed by atoms with van der Waals surface area (Å²) >= 11 is 0. The molecule has 0 saturated carbocycles. The van der Waals surface area contributed by atoms with Crippen LogP contribution in [-0.2, 0) is 9.47 Å². The van der Waals surface area contributed by atoms with Crippen LogP contribution in [0.4, 0.5) is 13.2 Å². The minimum Gasteiger partial charge on any atom is -0.484 e. The van der Waals surface area contributed by atoms with Gasteiger partial charge >= 0.3 is 6.18 Å². The summed E-state index contributed by atoms with van der Waals surface area (Å²) in [4.78, 5) is 4.38. The molecule has 0 N–H and O–H groups in total. The van der Waals surface area contributed by atoms with Crippen LogP contribution in [0, 0.1) is 0 Å². The van der Waals surface area contributed by atoms with Gasteiger partial charge < -0.3 is 18.9 Å². The second-order valence-electron chi connectivity index (χ2n) is 5.67. The summed E-state index contributed by atoms with van der Waals surface area (Å²) in [5.74, 6) is 0.527. The molecular formula is C18H18F3NO4. The third-order valence-corrected chi connectivity index (χ3v) is 3.56. The molecule has 2 heterocycles. The van der Waals surface area contributed by atoms with E-state index >= 15 is 0 Å². The first-order valence-electron chi connectivity index (χ1n) is 8.09. The summed E-state index contributed by atoms with van der Waals surface area (Å²) in [6.07, 6.45) is -4.53. The third-order valence-electron chi connectivity index (χ3n) is 3.56. The highest BCUT2D eigenvalue weighted by Crippen LogP contribution is 2.25. The molecule has 1 atom stereocenters. The lowest BCUT2D eigenvalue weighted by Crippen LogP contribution is -2.33. The fraction of sp³-hybridized carbons (Fsp3) is 0.389. The molecule has 0 aliphatic carbocycles. The summed E-state index contributed by atoms with van der Waals surface area (Å²) in [5.41, 5.74) is 1.20. The van der Waals surface area contributed by atoms with Gasteiger partial charge in [-0.1, -0.05) is 18.2 Å². The number of hydrogen-bond acceptors (Lipinski definition) is 5. The number of pyridine rings is 1. The molecule has 5 nitrogen and oxygen atoms in total. The van der Waals surface area contributed by atoms with Crippen molar-refractivity contribution in [2.75, 3.05) is 33.0 Å². The van der Waals surface area contributed by atoms with Crippen molar-refractivity contribution in [2.45, 2.75) is 12.3 Å². The van der Waals surface area contributed by atoms with Gasteiger partial charge in [-0.3, -0.25) is 0 Å². The quantitative estimate of drug-likeness (QED) is 0.780. The van der Waals surface area contributed by atoms with Gasteiger partial charge in [0.15, 0.2) is 6.61 Å². The zero-order valence-corrected chi connectivity index (χ0v) is 13.9. The number of nitrogens with zero attached hydrogens (tertiary/aromatic N) is 1. The van der Waals surface area contributed by atoms with E-state index in [1.807, 2.05) is 0 Å². The van der Waals surface area contributed by atoms with Gasteiger partial charge in [0.1, 0.15) is 18.5 Å². The highest BCUT2D eigenvalue weighted by molar-refractivity contribution is 5.61. The van der Waals surface area contributed by atoms with Gasteiger partial charge in [-0.25, -0.2) is 4.98 Å². The first kappa shape index (κ1) is 18.5. The van der Waals surface area contributed by atoms with Crippen LogP contribution in [0.25, 0.3) is 11.3 Å². The van der Waals surface area contributed by atoms with Crippen LogP contribution in [-0.4, -0.2) is 50.3 Å². The standard InChI is InChI=1S/C18H18F3NO4/c19-18(20,21)12-26-14-4-1-3-13(9-14)16-5-2-6-17(22-16)25-11-15-10-23-7-8-24-15/h1-6,9,15H,7-8,10-12H2. The van der Waals surface area contributed by atoms with Gasteiger partial charge in [-0.05, 0) is 18.2 Å². The maximum absolute atomic E-state index is 12.3. The van der Waals surface area contributed by atoms with Crippen molar-refractivity contribution in [3.05, 3.63) is 42.5 Å². The highest BCUT2D eigenvalue weighted by atomic mass is 19.4. The van der Waals surface area contributed by atoms with Crippen molar-refractivity contribution in [2.24, 2.45) is 0 Å². The smallest absolute Gasteiger partial charge is 0.422 e.